The Bertz CT molecular complexity index is 583. The minimum Gasteiger partial charge on any atom is -0.340 e. The van der Waals surface area contributed by atoms with Gasteiger partial charge in [0.05, 0.1) is 5.75 Å². The van der Waals surface area contributed by atoms with Crippen LogP contribution in [0.15, 0.2) is 5.16 Å². The van der Waals surface area contributed by atoms with Gasteiger partial charge in [-0.1, -0.05) is 18.7 Å². The first-order valence-corrected chi connectivity index (χ1v) is 10.2. The summed E-state index contributed by atoms with van der Waals surface area (Å²) in [7, 11) is 4.42. The molecule has 7 nitrogen and oxygen atoms in total. The summed E-state index contributed by atoms with van der Waals surface area (Å²) in [6.07, 6.45) is 4.15. The number of nitrogens with zero attached hydrogens (tertiary/aromatic N) is 5. The minimum absolute atomic E-state index is 0.142. The van der Waals surface area contributed by atoms with Crippen LogP contribution in [0.4, 0.5) is 0 Å². The maximum Gasteiger partial charge on any atom is 0.233 e. The number of likely N-dealkylation sites (tertiary alicyclic amines) is 1. The molecule has 0 saturated carbocycles. The van der Waals surface area contributed by atoms with Crippen molar-refractivity contribution in [3.8, 4) is 0 Å². The topological polar surface area (TPSA) is 68.4 Å². The number of likely N-dealkylation sites (N-methyl/N-ethyl adjacent to an activating group) is 1. The molecule has 0 radical (unpaired) electrons. The Hall–Kier alpha value is -1.12. The highest BCUT2D eigenvalue weighted by Crippen LogP contribution is 2.31. The summed E-state index contributed by atoms with van der Waals surface area (Å²) >= 11 is 1.43. The van der Waals surface area contributed by atoms with Crippen molar-refractivity contribution in [1.82, 2.24) is 29.9 Å². The van der Waals surface area contributed by atoms with Gasteiger partial charge in [-0.15, -0.1) is 5.10 Å². The maximum absolute atomic E-state index is 12.8. The largest absolute Gasteiger partial charge is 0.340 e. The molecule has 3 rings (SSSR count). The van der Waals surface area contributed by atoms with E-state index in [1.165, 1.54) is 11.8 Å². The van der Waals surface area contributed by atoms with Crippen LogP contribution in [0.1, 0.15) is 32.0 Å². The number of amides is 1. The molecule has 25 heavy (non-hydrogen) atoms. The van der Waals surface area contributed by atoms with Crippen LogP contribution in [0.2, 0.25) is 0 Å². The third kappa shape index (κ3) is 4.35. The van der Waals surface area contributed by atoms with E-state index in [0.29, 0.717) is 10.9 Å². The summed E-state index contributed by atoms with van der Waals surface area (Å²) in [5.41, 5.74) is 0.142. The van der Waals surface area contributed by atoms with E-state index in [9.17, 15) is 4.79 Å². The molecule has 0 atom stereocenters. The second-order valence-corrected chi connectivity index (χ2v) is 8.27. The van der Waals surface area contributed by atoms with Gasteiger partial charge in [-0.2, -0.15) is 0 Å². The van der Waals surface area contributed by atoms with E-state index >= 15 is 0 Å². The number of aryl methyl sites for hydroxylation is 1. The number of thioether (sulfide) groups is 1. The Morgan fingerprint density at radius 2 is 2.00 bits per heavy atom. The van der Waals surface area contributed by atoms with E-state index in [1.54, 1.807) is 0 Å². The third-order valence-electron chi connectivity index (χ3n) is 5.66. The van der Waals surface area contributed by atoms with Crippen molar-refractivity contribution < 1.29 is 4.79 Å². The number of aromatic nitrogens is 3. The number of rotatable bonds is 4. The number of piperidine rings is 1. The average Bonchev–Trinajstić information content (AvgIpc) is 3.02. The van der Waals surface area contributed by atoms with Crippen molar-refractivity contribution in [2.45, 2.75) is 43.3 Å². The summed E-state index contributed by atoms with van der Waals surface area (Å²) in [4.78, 5) is 24.2. The second kappa shape index (κ2) is 8.05. The van der Waals surface area contributed by atoms with Crippen molar-refractivity contribution in [3.05, 3.63) is 5.82 Å². The molecular weight excluding hydrogens is 336 g/mol. The SMILES string of the molecule is CCc1nc(SCC(=O)N2CCCN(C)C3(CCN(C)CC3)C2)n[nH]1. The number of aromatic amines is 1. The molecule has 0 bridgehead atoms. The molecule has 1 spiro atoms. The van der Waals surface area contributed by atoms with Crippen LogP contribution < -0.4 is 0 Å². The Morgan fingerprint density at radius 1 is 1.24 bits per heavy atom. The van der Waals surface area contributed by atoms with E-state index in [1.807, 2.05) is 6.92 Å². The molecule has 2 fully saturated rings. The average molecular weight is 367 g/mol. The van der Waals surface area contributed by atoms with E-state index in [-0.39, 0.29) is 11.4 Å². The molecule has 1 aromatic heterocycles. The predicted octanol–water partition coefficient (Wildman–Crippen LogP) is 1.09. The molecule has 0 aliphatic carbocycles. The molecule has 2 aliphatic rings. The smallest absolute Gasteiger partial charge is 0.233 e. The van der Waals surface area contributed by atoms with Crippen LogP contribution >= 0.6 is 11.8 Å². The van der Waals surface area contributed by atoms with Crippen molar-refractivity contribution in [3.63, 3.8) is 0 Å². The molecule has 1 N–H and O–H groups in total. The number of hydrogen-bond acceptors (Lipinski definition) is 6. The highest BCUT2D eigenvalue weighted by molar-refractivity contribution is 7.99. The Balaban J connectivity index is 1.61. The first-order valence-electron chi connectivity index (χ1n) is 9.24. The van der Waals surface area contributed by atoms with E-state index in [0.717, 1.165) is 64.2 Å². The standard InChI is InChI=1S/C17H30N6OS/c1-4-14-18-16(20-19-14)25-12-15(24)23-9-5-8-22(3)17(13-23)6-10-21(2)11-7-17/h4-13H2,1-3H3,(H,18,19,20). The van der Waals surface area contributed by atoms with Gasteiger partial charge in [0.25, 0.3) is 0 Å². The number of carbonyl (C=O) groups is 1. The normalized spacial score (nSPS) is 22.3. The lowest BCUT2D eigenvalue weighted by atomic mass is 9.85. The highest BCUT2D eigenvalue weighted by atomic mass is 32.2. The lowest BCUT2D eigenvalue weighted by Crippen LogP contribution is -2.58. The van der Waals surface area contributed by atoms with Gasteiger partial charge in [-0.25, -0.2) is 4.98 Å². The van der Waals surface area contributed by atoms with Gasteiger partial charge in [0, 0.05) is 31.6 Å². The van der Waals surface area contributed by atoms with Crippen LogP contribution in [0.5, 0.6) is 0 Å². The molecule has 1 aromatic rings. The maximum atomic E-state index is 12.8. The Morgan fingerprint density at radius 3 is 2.68 bits per heavy atom. The molecule has 8 heteroatoms. The highest BCUT2D eigenvalue weighted by Gasteiger charge is 2.41. The number of nitrogens with one attached hydrogen (secondary N) is 1. The van der Waals surface area contributed by atoms with E-state index in [4.69, 9.17) is 0 Å². The summed E-state index contributed by atoms with van der Waals surface area (Å²) < 4.78 is 0. The fourth-order valence-electron chi connectivity index (χ4n) is 3.80. The van der Waals surface area contributed by atoms with Crippen LogP contribution in [0.25, 0.3) is 0 Å². The number of hydrogen-bond donors (Lipinski definition) is 1. The van der Waals surface area contributed by atoms with Crippen molar-refractivity contribution >= 4 is 17.7 Å². The lowest BCUT2D eigenvalue weighted by molar-refractivity contribution is -0.130. The number of carbonyl (C=O) groups excluding carboxylic acids is 1. The first kappa shape index (κ1) is 18.7. The first-order chi connectivity index (χ1) is 12.0. The molecule has 2 aliphatic heterocycles. The molecule has 3 heterocycles. The zero-order valence-electron chi connectivity index (χ0n) is 15.6. The molecule has 0 aromatic carbocycles. The van der Waals surface area contributed by atoms with Crippen molar-refractivity contribution in [1.29, 1.82) is 0 Å². The fourth-order valence-corrected chi connectivity index (χ4v) is 4.52. The summed E-state index contributed by atoms with van der Waals surface area (Å²) in [6.45, 7) is 7.03. The van der Waals surface area contributed by atoms with Gasteiger partial charge in [0.2, 0.25) is 11.1 Å². The molecule has 1 amide bonds. The summed E-state index contributed by atoms with van der Waals surface area (Å²) in [5, 5.41) is 7.75. The van der Waals surface area contributed by atoms with Gasteiger partial charge in [-0.3, -0.25) is 14.8 Å². The van der Waals surface area contributed by atoms with E-state index < -0.39 is 0 Å². The van der Waals surface area contributed by atoms with Gasteiger partial charge < -0.3 is 9.80 Å². The predicted molar refractivity (Wildman–Crippen MR) is 99.8 cm³/mol. The summed E-state index contributed by atoms with van der Waals surface area (Å²) in [5.74, 6) is 1.50. The molecule has 0 unspecified atom stereocenters. The van der Waals surface area contributed by atoms with E-state index in [2.05, 4.69) is 44.0 Å². The number of H-pyrrole nitrogens is 1. The summed E-state index contributed by atoms with van der Waals surface area (Å²) in [6, 6.07) is 0. The molecule has 2 saturated heterocycles. The van der Waals surface area contributed by atoms with Crippen LogP contribution in [0.3, 0.4) is 0 Å². The fraction of sp³-hybridized carbons (Fsp3) is 0.824. The third-order valence-corrected chi connectivity index (χ3v) is 6.49. The van der Waals surface area contributed by atoms with Crippen LogP contribution in [0, 0.1) is 0 Å². The quantitative estimate of drug-likeness (QED) is 0.805. The molecule has 140 valence electrons. The zero-order chi connectivity index (χ0) is 17.9. The minimum atomic E-state index is 0.142. The second-order valence-electron chi connectivity index (χ2n) is 7.32. The Kier molecular flexibility index (Phi) is 6.01. The van der Waals surface area contributed by atoms with Crippen LogP contribution in [-0.4, -0.2) is 93.9 Å². The molecular formula is C17H30N6OS. The monoisotopic (exact) mass is 366 g/mol. The Labute approximate surface area is 154 Å². The van der Waals surface area contributed by atoms with Crippen molar-refractivity contribution in [2.75, 3.05) is 52.6 Å². The van der Waals surface area contributed by atoms with Gasteiger partial charge in [0.15, 0.2) is 0 Å². The zero-order valence-corrected chi connectivity index (χ0v) is 16.4. The lowest BCUT2D eigenvalue weighted by Gasteiger charge is -2.47. The van der Waals surface area contributed by atoms with Gasteiger partial charge in [0.1, 0.15) is 5.82 Å². The van der Waals surface area contributed by atoms with Gasteiger partial charge >= 0.3 is 0 Å². The van der Waals surface area contributed by atoms with Gasteiger partial charge in [-0.05, 0) is 46.4 Å². The van der Waals surface area contributed by atoms with Crippen molar-refractivity contribution in [2.24, 2.45) is 0 Å². The van der Waals surface area contributed by atoms with Crippen LogP contribution in [-0.2, 0) is 11.2 Å².